The van der Waals surface area contributed by atoms with Gasteiger partial charge in [-0.25, -0.2) is 0 Å². The van der Waals surface area contributed by atoms with Crippen LogP contribution in [-0.2, 0) is 51.8 Å². The molecule has 0 bridgehead atoms. The van der Waals surface area contributed by atoms with E-state index in [9.17, 15) is 0 Å². The van der Waals surface area contributed by atoms with Crippen molar-refractivity contribution in [2.24, 2.45) is 0 Å². The van der Waals surface area contributed by atoms with Crippen molar-refractivity contribution in [2.45, 2.75) is 176 Å². The van der Waals surface area contributed by atoms with E-state index in [-0.39, 0.29) is 32.5 Å². The summed E-state index contributed by atoms with van der Waals surface area (Å²) in [7, 11) is 0. The van der Waals surface area contributed by atoms with Crippen molar-refractivity contribution in [3.8, 4) is 33.4 Å². The summed E-state index contributed by atoms with van der Waals surface area (Å²) in [5.74, 6) is 0. The summed E-state index contributed by atoms with van der Waals surface area (Å²) < 4.78 is 0. The molecule has 0 fully saturated rings. The fourth-order valence-corrected chi connectivity index (χ4v) is 9.97. The molecule has 0 nitrogen and oxygen atoms in total. The van der Waals surface area contributed by atoms with E-state index < -0.39 is 0 Å². The van der Waals surface area contributed by atoms with Gasteiger partial charge < -0.3 is 0 Å². The van der Waals surface area contributed by atoms with Gasteiger partial charge in [0.2, 0.25) is 0 Å². The lowest BCUT2D eigenvalue weighted by Crippen LogP contribution is -2.16. The van der Waals surface area contributed by atoms with Crippen molar-refractivity contribution in [1.29, 1.82) is 0 Å². The van der Waals surface area contributed by atoms with E-state index in [1.54, 1.807) is 0 Å². The van der Waals surface area contributed by atoms with Crippen LogP contribution in [-0.4, -0.2) is 0 Å². The summed E-state index contributed by atoms with van der Waals surface area (Å²) in [6.45, 7) is 41.5. The van der Waals surface area contributed by atoms with Crippen LogP contribution in [0.3, 0.4) is 0 Å². The van der Waals surface area contributed by atoms with Crippen LogP contribution < -0.4 is 0 Å². The topological polar surface area (TPSA) is 0 Å². The van der Waals surface area contributed by atoms with Gasteiger partial charge in [0.1, 0.15) is 0 Å². The third kappa shape index (κ3) is 9.44. The first-order chi connectivity index (χ1) is 29.0. The second-order valence-corrected chi connectivity index (χ2v) is 25.2. The van der Waals surface area contributed by atoms with Crippen molar-refractivity contribution in [3.63, 3.8) is 0 Å². The molecule has 0 amide bonds. The third-order valence-corrected chi connectivity index (χ3v) is 13.8. The molecule has 0 aliphatic heterocycles. The minimum atomic E-state index is 0.179. The van der Waals surface area contributed by atoms with Crippen molar-refractivity contribution in [1.82, 2.24) is 0 Å². The first-order valence-corrected chi connectivity index (χ1v) is 23.8. The molecule has 6 aromatic rings. The van der Waals surface area contributed by atoms with Gasteiger partial charge in [-0.05, 0) is 152 Å². The van der Waals surface area contributed by atoms with Crippen LogP contribution in [0.15, 0.2) is 109 Å². The molecule has 330 valence electrons. The number of hydrogen-bond acceptors (Lipinski definition) is 0. The van der Waals surface area contributed by atoms with E-state index in [0.717, 1.165) is 19.3 Å². The molecule has 9 rings (SSSR count). The van der Waals surface area contributed by atoms with Gasteiger partial charge >= 0.3 is 0 Å². The summed E-state index contributed by atoms with van der Waals surface area (Å²) in [6.07, 6.45) is 3.25. The van der Waals surface area contributed by atoms with Gasteiger partial charge in [0, 0.05) is 0 Å². The zero-order valence-electron chi connectivity index (χ0n) is 42.5. The molecule has 0 saturated carbocycles. The van der Waals surface area contributed by atoms with Gasteiger partial charge in [0.25, 0.3) is 0 Å². The lowest BCUT2D eigenvalue weighted by Gasteiger charge is -2.27. The Bertz CT molecular complexity index is 2540. The first-order valence-electron chi connectivity index (χ1n) is 23.8. The van der Waals surface area contributed by atoms with Crippen LogP contribution in [0.4, 0.5) is 0 Å². The predicted molar refractivity (Wildman–Crippen MR) is 276 cm³/mol. The summed E-state index contributed by atoms with van der Waals surface area (Å²) in [4.78, 5) is 0. The molecule has 6 aromatic carbocycles. The molecule has 0 aromatic heterocycles. The van der Waals surface area contributed by atoms with Gasteiger partial charge in [-0.1, -0.05) is 234 Å². The lowest BCUT2D eigenvalue weighted by molar-refractivity contribution is 0.585. The average molecular weight is 835 g/mol. The van der Waals surface area contributed by atoms with Gasteiger partial charge in [-0.2, -0.15) is 0 Å². The van der Waals surface area contributed by atoms with E-state index in [1.807, 2.05) is 0 Å². The largest absolute Gasteiger partial charge is 0.0616 e. The summed E-state index contributed by atoms with van der Waals surface area (Å²) in [5.41, 5.74) is 27.7. The highest BCUT2D eigenvalue weighted by atomic mass is 14.4. The van der Waals surface area contributed by atoms with Crippen molar-refractivity contribution in [3.05, 3.63) is 176 Å². The van der Waals surface area contributed by atoms with Gasteiger partial charge in [0.15, 0.2) is 0 Å². The fraction of sp³-hybridized carbons (Fsp3) is 0.429. The van der Waals surface area contributed by atoms with Crippen LogP contribution >= 0.6 is 0 Å². The summed E-state index contributed by atoms with van der Waals surface area (Å²) in [5, 5.41) is 0. The highest BCUT2D eigenvalue weighted by molar-refractivity contribution is 5.84. The SMILES string of the molecule is CC(C)(C)c1ccc2c(c1)-c1c(cccc1C(C)(C)C)C2.CC(C)(C)c1ccc2c(c1)-c1cc(C(C)(C)C)ccc1C2.CC(C)(C)c1cccc2c1-c1c(cccc1C(C)(C)C)C2. The molecule has 63 heavy (non-hydrogen) atoms. The fourth-order valence-electron chi connectivity index (χ4n) is 9.97. The van der Waals surface area contributed by atoms with Gasteiger partial charge in [0.05, 0.1) is 0 Å². The number of fused-ring (bicyclic) bond motifs is 9. The molecular weight excluding hydrogens is 757 g/mol. The Morgan fingerprint density at radius 1 is 0.254 bits per heavy atom. The van der Waals surface area contributed by atoms with E-state index in [1.165, 1.54) is 100 Å². The quantitative estimate of drug-likeness (QED) is 0.143. The number of hydrogen-bond donors (Lipinski definition) is 0. The molecule has 0 radical (unpaired) electrons. The maximum Gasteiger partial charge on any atom is -0.00132 e. The Labute approximate surface area is 384 Å². The van der Waals surface area contributed by atoms with Crippen LogP contribution in [0.5, 0.6) is 0 Å². The summed E-state index contributed by atoms with van der Waals surface area (Å²) in [6, 6.07) is 41.6. The standard InChI is InChI=1S/3C21H26/c1-20(2,3)16-9-7-14-11-15-8-10-17(21(4,5)6)13-19(15)18(14)12-16;1-20(2,3)16-11-7-9-14-13-15-10-8-12-17(21(4,5)6)19(15)18(14)16;1-20(2,3)16-11-10-14-12-15-8-7-9-18(21(4,5)6)19(15)17(14)13-16/h7-10,12-13H,11H2,1-6H3;7-12H,13H2,1-6H3;7-11,13H,12H2,1-6H3. The van der Waals surface area contributed by atoms with Gasteiger partial charge in [-0.15, -0.1) is 0 Å². The molecule has 0 saturated heterocycles. The van der Waals surface area contributed by atoms with Crippen molar-refractivity contribution < 1.29 is 0 Å². The smallest absolute Gasteiger partial charge is 0.00132 e. The first kappa shape index (κ1) is 46.3. The zero-order valence-corrected chi connectivity index (χ0v) is 42.5. The maximum absolute atomic E-state index is 2.43. The third-order valence-electron chi connectivity index (χ3n) is 13.8. The van der Waals surface area contributed by atoms with Crippen LogP contribution in [0.25, 0.3) is 33.4 Å². The maximum atomic E-state index is 2.43. The molecule has 0 unspecified atom stereocenters. The van der Waals surface area contributed by atoms with Crippen molar-refractivity contribution in [2.75, 3.05) is 0 Å². The molecule has 0 heterocycles. The molecular formula is C63H78. The Morgan fingerprint density at radius 2 is 0.524 bits per heavy atom. The Hall–Kier alpha value is -4.68. The minimum Gasteiger partial charge on any atom is -0.0616 e. The second kappa shape index (κ2) is 16.1. The molecule has 0 atom stereocenters. The lowest BCUT2D eigenvalue weighted by atomic mass is 9.77. The Morgan fingerprint density at radius 3 is 0.857 bits per heavy atom. The molecule has 3 aliphatic rings. The van der Waals surface area contributed by atoms with Crippen LogP contribution in [0, 0.1) is 0 Å². The monoisotopic (exact) mass is 835 g/mol. The highest BCUT2D eigenvalue weighted by Crippen LogP contribution is 2.48. The van der Waals surface area contributed by atoms with Crippen LogP contribution in [0.2, 0.25) is 0 Å². The van der Waals surface area contributed by atoms with E-state index >= 15 is 0 Å². The molecule has 0 heteroatoms. The predicted octanol–water partition coefficient (Wildman–Crippen LogP) is 17.6. The van der Waals surface area contributed by atoms with E-state index in [0.29, 0.717) is 0 Å². The Kier molecular flexibility index (Phi) is 11.8. The number of benzene rings is 6. The van der Waals surface area contributed by atoms with Gasteiger partial charge in [-0.3, -0.25) is 0 Å². The molecule has 0 spiro atoms. The normalized spacial score (nSPS) is 14.0. The Balaban J connectivity index is 0.000000142. The van der Waals surface area contributed by atoms with E-state index in [2.05, 4.69) is 234 Å². The average Bonchev–Trinajstić information content (AvgIpc) is 3.86. The zero-order chi connectivity index (χ0) is 46.2. The van der Waals surface area contributed by atoms with Crippen LogP contribution in [0.1, 0.15) is 191 Å². The van der Waals surface area contributed by atoms with Crippen molar-refractivity contribution >= 4 is 0 Å². The summed E-state index contributed by atoms with van der Waals surface area (Å²) >= 11 is 0. The number of rotatable bonds is 0. The van der Waals surface area contributed by atoms with E-state index in [4.69, 9.17) is 0 Å². The minimum absolute atomic E-state index is 0.179. The second-order valence-electron chi connectivity index (χ2n) is 25.2. The molecule has 3 aliphatic carbocycles. The highest BCUT2D eigenvalue weighted by Gasteiger charge is 2.32. The molecule has 0 N–H and O–H groups in total.